The number of hydrogen-bond acceptors (Lipinski definition) is 5. The summed E-state index contributed by atoms with van der Waals surface area (Å²) in [6.45, 7) is -0.0713. The number of nitrogens with one attached hydrogen (secondary N) is 2. The molecule has 0 radical (unpaired) electrons. The molecule has 1 fully saturated rings. The zero-order valence-electron chi connectivity index (χ0n) is 13.6. The summed E-state index contributed by atoms with van der Waals surface area (Å²) in [4.78, 5) is 25.5. The molecule has 2 rings (SSSR count). The van der Waals surface area contributed by atoms with Crippen molar-refractivity contribution in [1.29, 1.82) is 0 Å². The van der Waals surface area contributed by atoms with Crippen LogP contribution in [-0.2, 0) is 19.4 Å². The highest BCUT2D eigenvalue weighted by Gasteiger charge is 2.29. The fourth-order valence-electron chi connectivity index (χ4n) is 2.52. The molecule has 138 valence electrons. The second kappa shape index (κ2) is 8.35. The number of halogens is 2. The largest absolute Gasteiger partial charge is 0.351 e. The third-order valence-electron chi connectivity index (χ3n) is 3.65. The van der Waals surface area contributed by atoms with Gasteiger partial charge in [0.05, 0.1) is 40.3 Å². The standard InChI is InChI=1S/C15H19Cl2N3O4S/c1-20(7-13(21)18-10-5-6-25(23,24)9-10)8-14(22)19-15-11(16)3-2-4-12(15)17/h2-4,10H,5-9H2,1H3,(H,18,21)(H,19,22)/t10-/m1/s1. The molecule has 1 aromatic carbocycles. The van der Waals surface area contributed by atoms with Crippen LogP contribution in [-0.4, -0.2) is 62.8 Å². The van der Waals surface area contributed by atoms with Crippen molar-refractivity contribution in [3.8, 4) is 0 Å². The lowest BCUT2D eigenvalue weighted by Gasteiger charge is -2.18. The lowest BCUT2D eigenvalue weighted by atomic mass is 10.2. The monoisotopic (exact) mass is 407 g/mol. The van der Waals surface area contributed by atoms with Gasteiger partial charge in [0.1, 0.15) is 0 Å². The third kappa shape index (κ3) is 6.14. The van der Waals surface area contributed by atoms with E-state index in [1.54, 1.807) is 25.2 Å². The normalized spacial score (nSPS) is 19.0. The van der Waals surface area contributed by atoms with Crippen LogP contribution in [0.5, 0.6) is 0 Å². The molecule has 1 saturated heterocycles. The van der Waals surface area contributed by atoms with Crippen molar-refractivity contribution in [3.63, 3.8) is 0 Å². The van der Waals surface area contributed by atoms with Crippen molar-refractivity contribution in [2.24, 2.45) is 0 Å². The van der Waals surface area contributed by atoms with E-state index in [4.69, 9.17) is 23.2 Å². The number of nitrogens with zero attached hydrogens (tertiary/aromatic N) is 1. The molecule has 1 heterocycles. The highest BCUT2D eigenvalue weighted by molar-refractivity contribution is 7.91. The van der Waals surface area contributed by atoms with Crippen molar-refractivity contribution >= 4 is 50.5 Å². The Balaban J connectivity index is 1.80. The minimum Gasteiger partial charge on any atom is -0.351 e. The summed E-state index contributed by atoms with van der Waals surface area (Å²) in [5.74, 6) is -0.634. The summed E-state index contributed by atoms with van der Waals surface area (Å²) in [5.41, 5.74) is 0.324. The number of carbonyl (C=O) groups is 2. The Morgan fingerprint density at radius 2 is 1.80 bits per heavy atom. The van der Waals surface area contributed by atoms with Crippen LogP contribution in [0.1, 0.15) is 6.42 Å². The lowest BCUT2D eigenvalue weighted by molar-refractivity contribution is -0.123. The van der Waals surface area contributed by atoms with E-state index in [1.165, 1.54) is 4.90 Å². The van der Waals surface area contributed by atoms with E-state index in [9.17, 15) is 18.0 Å². The van der Waals surface area contributed by atoms with E-state index in [0.29, 0.717) is 22.2 Å². The van der Waals surface area contributed by atoms with Crippen molar-refractivity contribution in [3.05, 3.63) is 28.2 Å². The molecule has 1 aliphatic rings. The number of benzene rings is 1. The van der Waals surface area contributed by atoms with E-state index in [2.05, 4.69) is 10.6 Å². The van der Waals surface area contributed by atoms with Gasteiger partial charge in [0.15, 0.2) is 9.84 Å². The van der Waals surface area contributed by atoms with Crippen LogP contribution in [0.15, 0.2) is 18.2 Å². The second-order valence-electron chi connectivity index (χ2n) is 5.98. The zero-order chi connectivity index (χ0) is 18.6. The molecule has 0 saturated carbocycles. The summed E-state index contributed by atoms with van der Waals surface area (Å²) < 4.78 is 22.8. The highest BCUT2D eigenvalue weighted by Crippen LogP contribution is 2.29. The summed E-state index contributed by atoms with van der Waals surface area (Å²) in [6, 6.07) is 4.52. The van der Waals surface area contributed by atoms with Crippen LogP contribution in [0.2, 0.25) is 10.0 Å². The molecular weight excluding hydrogens is 389 g/mol. The van der Waals surface area contributed by atoms with Crippen molar-refractivity contribution in [2.75, 3.05) is 37.0 Å². The van der Waals surface area contributed by atoms with Gasteiger partial charge in [-0.3, -0.25) is 14.5 Å². The van der Waals surface area contributed by atoms with Crippen LogP contribution >= 0.6 is 23.2 Å². The number of carbonyl (C=O) groups excluding carboxylic acids is 2. The zero-order valence-corrected chi connectivity index (χ0v) is 15.9. The molecule has 7 nitrogen and oxygen atoms in total. The molecule has 0 spiro atoms. The second-order valence-corrected chi connectivity index (χ2v) is 9.03. The smallest absolute Gasteiger partial charge is 0.238 e. The van der Waals surface area contributed by atoms with Crippen LogP contribution in [0.3, 0.4) is 0 Å². The maximum absolute atomic E-state index is 12.1. The van der Waals surface area contributed by atoms with Gasteiger partial charge in [0, 0.05) is 6.04 Å². The average molecular weight is 408 g/mol. The molecule has 0 aromatic heterocycles. The average Bonchev–Trinajstić information content (AvgIpc) is 2.81. The maximum Gasteiger partial charge on any atom is 0.238 e. The first-order chi connectivity index (χ1) is 11.7. The van der Waals surface area contributed by atoms with Gasteiger partial charge in [0.25, 0.3) is 0 Å². The fraction of sp³-hybridized carbons (Fsp3) is 0.467. The number of hydrogen-bond donors (Lipinski definition) is 2. The van der Waals surface area contributed by atoms with E-state index in [1.807, 2.05) is 0 Å². The van der Waals surface area contributed by atoms with Gasteiger partial charge in [-0.2, -0.15) is 0 Å². The number of likely N-dealkylation sites (N-methyl/N-ethyl adjacent to an activating group) is 1. The number of anilines is 1. The summed E-state index contributed by atoms with van der Waals surface area (Å²) >= 11 is 12.0. The van der Waals surface area contributed by atoms with E-state index >= 15 is 0 Å². The summed E-state index contributed by atoms with van der Waals surface area (Å²) in [5, 5.41) is 5.93. The van der Waals surface area contributed by atoms with Crippen LogP contribution in [0.4, 0.5) is 5.69 Å². The number of amides is 2. The molecule has 0 bridgehead atoms. The molecule has 10 heteroatoms. The minimum atomic E-state index is -3.05. The van der Waals surface area contributed by atoms with Crippen molar-refractivity contribution < 1.29 is 18.0 Å². The number of sulfone groups is 1. The predicted octanol–water partition coefficient (Wildman–Crippen LogP) is 1.17. The molecular formula is C15H19Cl2N3O4S. The Labute approximate surface area is 156 Å². The van der Waals surface area contributed by atoms with Crippen molar-refractivity contribution in [2.45, 2.75) is 12.5 Å². The molecule has 0 unspecified atom stereocenters. The quantitative estimate of drug-likeness (QED) is 0.737. The molecule has 25 heavy (non-hydrogen) atoms. The van der Waals surface area contributed by atoms with E-state index < -0.39 is 9.84 Å². The van der Waals surface area contributed by atoms with Gasteiger partial charge in [-0.05, 0) is 25.6 Å². The highest BCUT2D eigenvalue weighted by atomic mass is 35.5. The van der Waals surface area contributed by atoms with Gasteiger partial charge < -0.3 is 10.6 Å². The molecule has 1 atom stereocenters. The lowest BCUT2D eigenvalue weighted by Crippen LogP contribution is -2.43. The SMILES string of the molecule is CN(CC(=O)Nc1c(Cl)cccc1Cl)CC(=O)N[C@@H]1CCS(=O)(=O)C1. The summed E-state index contributed by atoms with van der Waals surface area (Å²) in [7, 11) is -1.44. The molecule has 2 amide bonds. The predicted molar refractivity (Wildman–Crippen MR) is 97.8 cm³/mol. The Kier molecular flexibility index (Phi) is 6.67. The van der Waals surface area contributed by atoms with Gasteiger partial charge in [0.2, 0.25) is 11.8 Å². The van der Waals surface area contributed by atoms with Crippen molar-refractivity contribution in [1.82, 2.24) is 10.2 Å². The Hall–Kier alpha value is -1.35. The van der Waals surface area contributed by atoms with Gasteiger partial charge in [-0.25, -0.2) is 8.42 Å². The van der Waals surface area contributed by atoms with Gasteiger partial charge in [-0.1, -0.05) is 29.3 Å². The molecule has 1 aliphatic heterocycles. The number of para-hydroxylation sites is 1. The first-order valence-electron chi connectivity index (χ1n) is 7.58. The number of rotatable bonds is 6. The Morgan fingerprint density at radius 1 is 1.20 bits per heavy atom. The maximum atomic E-state index is 12.1. The Bertz CT molecular complexity index is 750. The van der Waals surface area contributed by atoms with E-state index in [0.717, 1.165) is 0 Å². The topological polar surface area (TPSA) is 95.6 Å². The Morgan fingerprint density at radius 3 is 2.36 bits per heavy atom. The van der Waals surface area contributed by atoms with Gasteiger partial charge in [-0.15, -0.1) is 0 Å². The third-order valence-corrected chi connectivity index (χ3v) is 6.05. The van der Waals surface area contributed by atoms with E-state index in [-0.39, 0.29) is 42.5 Å². The molecule has 0 aliphatic carbocycles. The fourth-order valence-corrected chi connectivity index (χ4v) is 4.69. The minimum absolute atomic E-state index is 0.0276. The molecule has 1 aromatic rings. The van der Waals surface area contributed by atoms with Crippen LogP contribution < -0.4 is 10.6 Å². The van der Waals surface area contributed by atoms with Crippen LogP contribution in [0.25, 0.3) is 0 Å². The summed E-state index contributed by atoms with van der Waals surface area (Å²) in [6.07, 6.45) is 0.420. The first-order valence-corrected chi connectivity index (χ1v) is 10.2. The van der Waals surface area contributed by atoms with Crippen LogP contribution in [0, 0.1) is 0 Å². The molecule has 2 N–H and O–H groups in total. The van der Waals surface area contributed by atoms with Gasteiger partial charge >= 0.3 is 0 Å². The first kappa shape index (κ1) is 20.0.